The molecular formula is C15H12N6O3. The SMILES string of the molecule is O=C(Cn1nc2ccccn2c1=O)Nc1ccc2[nH]c(=O)[nH]c2c1. The lowest BCUT2D eigenvalue weighted by Crippen LogP contribution is -2.28. The van der Waals surface area contributed by atoms with Crippen molar-refractivity contribution in [2.45, 2.75) is 6.54 Å². The summed E-state index contributed by atoms with van der Waals surface area (Å²) in [6.45, 7) is -0.206. The van der Waals surface area contributed by atoms with E-state index in [1.807, 2.05) is 0 Å². The van der Waals surface area contributed by atoms with Crippen molar-refractivity contribution in [3.05, 3.63) is 63.6 Å². The van der Waals surface area contributed by atoms with Gasteiger partial charge in [0.25, 0.3) is 0 Å². The summed E-state index contributed by atoms with van der Waals surface area (Å²) in [5.41, 5.74) is 1.52. The molecule has 0 aliphatic heterocycles. The predicted octanol–water partition coefficient (Wildman–Crippen LogP) is 0.304. The molecule has 1 amide bonds. The predicted molar refractivity (Wildman–Crippen MR) is 87.0 cm³/mol. The second-order valence-electron chi connectivity index (χ2n) is 5.26. The summed E-state index contributed by atoms with van der Waals surface area (Å²) in [7, 11) is 0. The van der Waals surface area contributed by atoms with Crippen LogP contribution in [0.25, 0.3) is 16.7 Å². The molecule has 0 fully saturated rings. The molecule has 3 aromatic heterocycles. The van der Waals surface area contributed by atoms with Crippen LogP contribution in [-0.2, 0) is 11.3 Å². The zero-order valence-electron chi connectivity index (χ0n) is 12.3. The highest BCUT2D eigenvalue weighted by atomic mass is 16.2. The molecule has 0 atom stereocenters. The number of aromatic nitrogens is 5. The monoisotopic (exact) mass is 324 g/mol. The van der Waals surface area contributed by atoms with Crippen molar-refractivity contribution in [1.29, 1.82) is 0 Å². The number of H-pyrrole nitrogens is 2. The highest BCUT2D eigenvalue weighted by Gasteiger charge is 2.11. The number of amides is 1. The first-order valence-corrected chi connectivity index (χ1v) is 7.16. The Morgan fingerprint density at radius 2 is 1.96 bits per heavy atom. The second-order valence-corrected chi connectivity index (χ2v) is 5.26. The maximum atomic E-state index is 12.2. The van der Waals surface area contributed by atoms with Gasteiger partial charge in [-0.25, -0.2) is 14.3 Å². The molecule has 4 aromatic rings. The van der Waals surface area contributed by atoms with Crippen molar-refractivity contribution < 1.29 is 4.79 Å². The van der Waals surface area contributed by atoms with Gasteiger partial charge in [0.1, 0.15) is 6.54 Å². The first-order chi connectivity index (χ1) is 11.6. The van der Waals surface area contributed by atoms with Crippen LogP contribution in [0, 0.1) is 0 Å². The summed E-state index contributed by atoms with van der Waals surface area (Å²) in [6.07, 6.45) is 1.59. The van der Waals surface area contributed by atoms with Crippen molar-refractivity contribution in [3.8, 4) is 0 Å². The molecule has 9 nitrogen and oxygen atoms in total. The Labute approximate surface area is 133 Å². The number of hydrogen-bond acceptors (Lipinski definition) is 4. The zero-order chi connectivity index (χ0) is 16.7. The van der Waals surface area contributed by atoms with E-state index in [0.717, 1.165) is 4.68 Å². The lowest BCUT2D eigenvalue weighted by Gasteiger charge is -2.04. The summed E-state index contributed by atoms with van der Waals surface area (Å²) in [5, 5.41) is 6.78. The van der Waals surface area contributed by atoms with Crippen LogP contribution < -0.4 is 16.7 Å². The van der Waals surface area contributed by atoms with E-state index in [1.165, 1.54) is 4.40 Å². The first-order valence-electron chi connectivity index (χ1n) is 7.16. The molecule has 0 radical (unpaired) electrons. The number of imidazole rings is 1. The van der Waals surface area contributed by atoms with Crippen LogP contribution in [0.4, 0.5) is 5.69 Å². The number of fused-ring (bicyclic) bond motifs is 2. The number of nitrogens with one attached hydrogen (secondary N) is 3. The molecule has 0 aliphatic rings. The van der Waals surface area contributed by atoms with E-state index in [-0.39, 0.29) is 17.9 Å². The third-order valence-corrected chi connectivity index (χ3v) is 3.58. The van der Waals surface area contributed by atoms with Crippen LogP contribution >= 0.6 is 0 Å². The molecule has 0 saturated heterocycles. The minimum atomic E-state index is -0.391. The lowest BCUT2D eigenvalue weighted by atomic mass is 10.3. The maximum Gasteiger partial charge on any atom is 0.350 e. The fourth-order valence-electron chi connectivity index (χ4n) is 2.52. The first kappa shape index (κ1) is 14.0. The van der Waals surface area contributed by atoms with Gasteiger partial charge in [-0.05, 0) is 30.3 Å². The number of aromatic amines is 2. The van der Waals surface area contributed by atoms with Crippen molar-refractivity contribution >= 4 is 28.3 Å². The standard InChI is InChI=1S/C15H12N6O3/c22-13(8-21-15(24)20-6-2-1-3-12(20)19-21)16-9-4-5-10-11(7-9)18-14(23)17-10/h1-7H,8H2,(H,16,22)(H2,17,18,23). The topological polar surface area (TPSA) is 117 Å². The third kappa shape index (κ3) is 2.37. The van der Waals surface area contributed by atoms with E-state index in [4.69, 9.17) is 0 Å². The summed E-state index contributed by atoms with van der Waals surface area (Å²) in [5.74, 6) is -0.391. The van der Waals surface area contributed by atoms with Crippen molar-refractivity contribution in [2.75, 3.05) is 5.32 Å². The number of rotatable bonds is 3. The Balaban J connectivity index is 1.57. The highest BCUT2D eigenvalue weighted by Crippen LogP contribution is 2.14. The van der Waals surface area contributed by atoms with Gasteiger partial charge in [-0.15, -0.1) is 5.10 Å². The van der Waals surface area contributed by atoms with Crippen LogP contribution in [0.2, 0.25) is 0 Å². The second kappa shape index (κ2) is 5.23. The molecule has 3 heterocycles. The quantitative estimate of drug-likeness (QED) is 0.502. The van der Waals surface area contributed by atoms with Gasteiger partial charge in [0.05, 0.1) is 11.0 Å². The Morgan fingerprint density at radius 1 is 1.12 bits per heavy atom. The molecule has 0 bridgehead atoms. The van der Waals surface area contributed by atoms with Crippen molar-refractivity contribution in [2.24, 2.45) is 0 Å². The number of pyridine rings is 1. The highest BCUT2D eigenvalue weighted by molar-refractivity contribution is 5.92. The number of nitrogens with zero attached hydrogens (tertiary/aromatic N) is 3. The van der Waals surface area contributed by atoms with Gasteiger partial charge in [-0.2, -0.15) is 0 Å². The van der Waals surface area contributed by atoms with E-state index in [0.29, 0.717) is 22.4 Å². The minimum Gasteiger partial charge on any atom is -0.324 e. The molecule has 9 heteroatoms. The molecule has 0 saturated carbocycles. The summed E-state index contributed by atoms with van der Waals surface area (Å²) in [6, 6.07) is 10.1. The smallest absolute Gasteiger partial charge is 0.324 e. The summed E-state index contributed by atoms with van der Waals surface area (Å²) < 4.78 is 2.46. The average Bonchev–Trinajstić information content (AvgIpc) is 3.07. The van der Waals surface area contributed by atoms with Crippen molar-refractivity contribution in [1.82, 2.24) is 24.1 Å². The fourth-order valence-corrected chi connectivity index (χ4v) is 2.52. The molecular weight excluding hydrogens is 312 g/mol. The van der Waals surface area contributed by atoms with Gasteiger partial charge in [-0.1, -0.05) is 6.07 Å². The number of anilines is 1. The van der Waals surface area contributed by atoms with Gasteiger partial charge < -0.3 is 15.3 Å². The van der Waals surface area contributed by atoms with Crippen molar-refractivity contribution in [3.63, 3.8) is 0 Å². The van der Waals surface area contributed by atoms with Crippen LogP contribution in [0.1, 0.15) is 0 Å². The van der Waals surface area contributed by atoms with Crippen LogP contribution in [0.15, 0.2) is 52.2 Å². The molecule has 0 unspecified atom stereocenters. The largest absolute Gasteiger partial charge is 0.350 e. The van der Waals surface area contributed by atoms with Gasteiger partial charge >= 0.3 is 11.4 Å². The van der Waals surface area contributed by atoms with Gasteiger partial charge in [0, 0.05) is 11.9 Å². The molecule has 0 aliphatic carbocycles. The maximum absolute atomic E-state index is 12.2. The molecule has 4 rings (SSSR count). The molecule has 1 aromatic carbocycles. The number of carbonyl (C=O) groups is 1. The Bertz CT molecular complexity index is 1180. The fraction of sp³-hybridized carbons (Fsp3) is 0.0667. The molecule has 0 spiro atoms. The van der Waals surface area contributed by atoms with E-state index >= 15 is 0 Å². The lowest BCUT2D eigenvalue weighted by molar-refractivity contribution is -0.117. The zero-order valence-corrected chi connectivity index (χ0v) is 12.3. The summed E-state index contributed by atoms with van der Waals surface area (Å²) >= 11 is 0. The van der Waals surface area contributed by atoms with Gasteiger partial charge in [0.2, 0.25) is 5.91 Å². The number of benzene rings is 1. The summed E-state index contributed by atoms with van der Waals surface area (Å²) in [4.78, 5) is 40.8. The Morgan fingerprint density at radius 3 is 2.79 bits per heavy atom. The van der Waals surface area contributed by atoms with E-state index in [1.54, 1.807) is 42.6 Å². The molecule has 120 valence electrons. The van der Waals surface area contributed by atoms with Crippen LogP contribution in [0.3, 0.4) is 0 Å². The number of carbonyl (C=O) groups excluding carboxylic acids is 1. The van der Waals surface area contributed by atoms with E-state index in [9.17, 15) is 14.4 Å². The van der Waals surface area contributed by atoms with E-state index < -0.39 is 5.91 Å². The Hall–Kier alpha value is -3.62. The van der Waals surface area contributed by atoms with E-state index in [2.05, 4.69) is 20.4 Å². The molecule has 3 N–H and O–H groups in total. The molecule has 24 heavy (non-hydrogen) atoms. The average molecular weight is 324 g/mol. The number of hydrogen-bond donors (Lipinski definition) is 3. The van der Waals surface area contributed by atoms with Gasteiger partial charge in [0.15, 0.2) is 5.65 Å². The van der Waals surface area contributed by atoms with Crippen LogP contribution in [-0.4, -0.2) is 30.1 Å². The van der Waals surface area contributed by atoms with Gasteiger partial charge in [-0.3, -0.25) is 9.20 Å². The minimum absolute atomic E-state index is 0.206. The Kier molecular flexibility index (Phi) is 3.05. The third-order valence-electron chi connectivity index (χ3n) is 3.58. The van der Waals surface area contributed by atoms with Crippen LogP contribution in [0.5, 0.6) is 0 Å². The normalized spacial score (nSPS) is 11.2.